The Hall–Kier alpha value is -3.52. The van der Waals surface area contributed by atoms with Crippen molar-refractivity contribution in [2.45, 2.75) is 75.3 Å². The zero-order valence-electron chi connectivity index (χ0n) is 24.6. The van der Waals surface area contributed by atoms with Crippen molar-refractivity contribution in [2.75, 3.05) is 13.2 Å². The summed E-state index contributed by atoms with van der Waals surface area (Å²) in [6.45, 7) is 0.865. The number of benzene rings is 3. The molecular weight excluding hydrogens is 540 g/mol. The van der Waals surface area contributed by atoms with Crippen LogP contribution in [0.15, 0.2) is 84.9 Å². The van der Waals surface area contributed by atoms with E-state index in [0.29, 0.717) is 25.9 Å². The number of hydrogen-bond acceptors (Lipinski definition) is 5. The van der Waals surface area contributed by atoms with Crippen LogP contribution in [0.4, 0.5) is 0 Å². The van der Waals surface area contributed by atoms with Crippen molar-refractivity contribution in [1.82, 2.24) is 10.2 Å². The average Bonchev–Trinajstić information content (AvgIpc) is 3.73. The maximum absolute atomic E-state index is 13.8. The Morgan fingerprint density at radius 3 is 2.40 bits per heavy atom. The van der Waals surface area contributed by atoms with Gasteiger partial charge < -0.3 is 25.2 Å². The second-order valence-electron chi connectivity index (χ2n) is 12.5. The van der Waals surface area contributed by atoms with Gasteiger partial charge in [0.05, 0.1) is 30.3 Å². The fraction of sp³-hybridized carbons (Fsp3) is 0.444. The van der Waals surface area contributed by atoms with Gasteiger partial charge in [-0.05, 0) is 60.8 Å². The van der Waals surface area contributed by atoms with Crippen LogP contribution in [0.2, 0.25) is 0 Å². The maximum atomic E-state index is 13.8. The molecule has 3 aromatic rings. The minimum absolute atomic E-state index is 0.0368. The first-order valence-corrected chi connectivity index (χ1v) is 15.7. The summed E-state index contributed by atoms with van der Waals surface area (Å²) in [6.07, 6.45) is 2.80. The van der Waals surface area contributed by atoms with E-state index in [2.05, 4.69) is 17.4 Å². The maximum Gasteiger partial charge on any atom is 0.228 e. The van der Waals surface area contributed by atoms with Crippen LogP contribution in [0.3, 0.4) is 0 Å². The number of nitrogens with one attached hydrogen (secondary N) is 1. The van der Waals surface area contributed by atoms with E-state index >= 15 is 0 Å². The van der Waals surface area contributed by atoms with E-state index in [1.165, 1.54) is 0 Å². The SMILES string of the molecule is O=C(N[C@H]1c2ccccc2C[C@H]1O)C(Cc1ccccc1)CC(O)CN1C(=O)C(C2CCCO2)C[C@@H]1Cc1ccccc1. The summed E-state index contributed by atoms with van der Waals surface area (Å²) < 4.78 is 5.94. The lowest BCUT2D eigenvalue weighted by atomic mass is 9.91. The molecule has 7 heteroatoms. The third kappa shape index (κ3) is 6.85. The van der Waals surface area contributed by atoms with Crippen LogP contribution >= 0.6 is 0 Å². The molecule has 3 aromatic carbocycles. The molecule has 0 saturated carbocycles. The molecule has 2 fully saturated rings. The van der Waals surface area contributed by atoms with Crippen molar-refractivity contribution in [2.24, 2.45) is 11.8 Å². The van der Waals surface area contributed by atoms with Crippen LogP contribution < -0.4 is 5.32 Å². The summed E-state index contributed by atoms with van der Waals surface area (Å²) >= 11 is 0. The molecule has 2 saturated heterocycles. The van der Waals surface area contributed by atoms with E-state index in [1.807, 2.05) is 77.7 Å². The molecule has 0 bridgehead atoms. The fourth-order valence-corrected chi connectivity index (χ4v) is 7.29. The molecule has 2 aliphatic heterocycles. The van der Waals surface area contributed by atoms with Gasteiger partial charge >= 0.3 is 0 Å². The number of fused-ring (bicyclic) bond motifs is 1. The van der Waals surface area contributed by atoms with E-state index in [9.17, 15) is 19.8 Å². The summed E-state index contributed by atoms with van der Waals surface area (Å²) in [6, 6.07) is 27.2. The number of rotatable bonds is 11. The molecule has 43 heavy (non-hydrogen) atoms. The first-order chi connectivity index (χ1) is 21.0. The molecule has 4 unspecified atom stereocenters. The third-order valence-corrected chi connectivity index (χ3v) is 9.46. The normalized spacial score (nSPS) is 26.3. The number of carbonyl (C=O) groups is 2. The van der Waals surface area contributed by atoms with Gasteiger partial charge in [-0.1, -0.05) is 84.9 Å². The first kappa shape index (κ1) is 29.5. The molecule has 0 spiro atoms. The zero-order chi connectivity index (χ0) is 29.8. The Labute approximate surface area is 253 Å². The fourth-order valence-electron chi connectivity index (χ4n) is 7.29. The van der Waals surface area contributed by atoms with Gasteiger partial charge in [0.1, 0.15) is 0 Å². The molecule has 6 rings (SSSR count). The van der Waals surface area contributed by atoms with Crippen LogP contribution in [-0.4, -0.2) is 64.4 Å². The number of carbonyl (C=O) groups excluding carboxylic acids is 2. The number of amides is 2. The highest BCUT2D eigenvalue weighted by molar-refractivity contribution is 5.82. The van der Waals surface area contributed by atoms with Gasteiger partial charge in [0.25, 0.3) is 0 Å². The van der Waals surface area contributed by atoms with Crippen LogP contribution in [0.5, 0.6) is 0 Å². The highest BCUT2D eigenvalue weighted by Gasteiger charge is 2.45. The van der Waals surface area contributed by atoms with Crippen molar-refractivity contribution >= 4 is 11.8 Å². The second-order valence-corrected chi connectivity index (χ2v) is 12.5. The molecule has 0 aromatic heterocycles. The molecule has 3 N–H and O–H groups in total. The third-order valence-electron chi connectivity index (χ3n) is 9.46. The Morgan fingerprint density at radius 2 is 1.67 bits per heavy atom. The van der Waals surface area contributed by atoms with Gasteiger partial charge in [0.15, 0.2) is 0 Å². The van der Waals surface area contributed by atoms with Gasteiger partial charge in [-0.25, -0.2) is 0 Å². The van der Waals surface area contributed by atoms with Crippen molar-refractivity contribution in [3.8, 4) is 0 Å². The van der Waals surface area contributed by atoms with Crippen molar-refractivity contribution in [1.29, 1.82) is 0 Å². The molecule has 0 radical (unpaired) electrons. The molecule has 3 aliphatic rings. The van der Waals surface area contributed by atoms with Gasteiger partial charge in [-0.2, -0.15) is 0 Å². The summed E-state index contributed by atoms with van der Waals surface area (Å²) in [7, 11) is 0. The van der Waals surface area contributed by atoms with Crippen LogP contribution in [0, 0.1) is 11.8 Å². The van der Waals surface area contributed by atoms with E-state index < -0.39 is 24.2 Å². The number of likely N-dealkylation sites (tertiary alicyclic amines) is 1. The molecule has 226 valence electrons. The van der Waals surface area contributed by atoms with Gasteiger partial charge in [0.2, 0.25) is 11.8 Å². The van der Waals surface area contributed by atoms with Gasteiger partial charge in [0, 0.05) is 31.5 Å². The van der Waals surface area contributed by atoms with E-state index in [0.717, 1.165) is 41.5 Å². The Bertz CT molecular complexity index is 1380. The smallest absolute Gasteiger partial charge is 0.228 e. The lowest BCUT2D eigenvalue weighted by Crippen LogP contribution is -2.44. The molecule has 2 heterocycles. The van der Waals surface area contributed by atoms with Crippen molar-refractivity contribution in [3.63, 3.8) is 0 Å². The Kier molecular flexibility index (Phi) is 9.22. The molecule has 1 aliphatic carbocycles. The van der Waals surface area contributed by atoms with E-state index in [-0.39, 0.29) is 42.8 Å². The first-order valence-electron chi connectivity index (χ1n) is 15.7. The molecular formula is C36H42N2O5. The lowest BCUT2D eigenvalue weighted by molar-refractivity contribution is -0.136. The summed E-state index contributed by atoms with van der Waals surface area (Å²) in [4.78, 5) is 29.4. The van der Waals surface area contributed by atoms with Gasteiger partial charge in [-0.15, -0.1) is 0 Å². The summed E-state index contributed by atoms with van der Waals surface area (Å²) in [5, 5.41) is 25.4. The minimum atomic E-state index is -0.884. The van der Waals surface area contributed by atoms with Crippen LogP contribution in [0.1, 0.15) is 54.0 Å². The Morgan fingerprint density at radius 1 is 0.977 bits per heavy atom. The number of ether oxygens (including phenoxy) is 1. The van der Waals surface area contributed by atoms with E-state index in [4.69, 9.17) is 4.74 Å². The topological polar surface area (TPSA) is 99.1 Å². The standard InChI is InChI=1S/C36H42N2O5/c39-29(23-38-28(19-25-12-5-2-6-13-25)22-31(36(38)42)33-16-9-17-43-33)20-27(18-24-10-3-1-4-11-24)35(41)37-34-30-15-8-7-14-26(30)21-32(34)40/h1-8,10-15,27-29,31-34,39-40H,9,16-23H2,(H,37,41)/t27?,28-,29?,31?,32+,33?,34-/m0/s1. The summed E-state index contributed by atoms with van der Waals surface area (Å²) in [5.41, 5.74) is 4.14. The Balaban J connectivity index is 1.18. The quantitative estimate of drug-likeness (QED) is 0.317. The highest BCUT2D eigenvalue weighted by Crippen LogP contribution is 2.35. The number of nitrogens with zero attached hydrogens (tertiary/aromatic N) is 1. The minimum Gasteiger partial charge on any atom is -0.391 e. The molecule has 7 atom stereocenters. The van der Waals surface area contributed by atoms with Crippen molar-refractivity contribution < 1.29 is 24.5 Å². The lowest BCUT2D eigenvalue weighted by Gasteiger charge is -2.29. The average molecular weight is 583 g/mol. The predicted octanol–water partition coefficient (Wildman–Crippen LogP) is 4.01. The number of β-amino-alcohol motifs (C(OH)–C–C–N with tert-alkyl or cyclic N) is 1. The predicted molar refractivity (Wildman–Crippen MR) is 164 cm³/mol. The zero-order valence-corrected chi connectivity index (χ0v) is 24.6. The van der Waals surface area contributed by atoms with Crippen molar-refractivity contribution in [3.05, 3.63) is 107 Å². The monoisotopic (exact) mass is 582 g/mol. The van der Waals surface area contributed by atoms with Crippen LogP contribution in [0.25, 0.3) is 0 Å². The molecule has 2 amide bonds. The second kappa shape index (κ2) is 13.4. The largest absolute Gasteiger partial charge is 0.391 e. The number of aliphatic hydroxyl groups excluding tert-OH is 2. The van der Waals surface area contributed by atoms with E-state index in [1.54, 1.807) is 0 Å². The number of aliphatic hydroxyl groups is 2. The van der Waals surface area contributed by atoms with Crippen LogP contribution in [-0.2, 0) is 33.6 Å². The van der Waals surface area contributed by atoms with Gasteiger partial charge in [-0.3, -0.25) is 9.59 Å². The molecule has 7 nitrogen and oxygen atoms in total. The number of hydrogen-bond donors (Lipinski definition) is 3. The summed E-state index contributed by atoms with van der Waals surface area (Å²) in [5.74, 6) is -0.886. The highest BCUT2D eigenvalue weighted by atomic mass is 16.5.